The molecule has 1 aromatic heterocycles. The summed E-state index contributed by atoms with van der Waals surface area (Å²) in [6, 6.07) is 82.8. The number of benzene rings is 10. The molecule has 0 fully saturated rings. The summed E-state index contributed by atoms with van der Waals surface area (Å²) in [4.78, 5) is 4.90. The monoisotopic (exact) mass is 1020 g/mol. The van der Waals surface area contributed by atoms with Crippen molar-refractivity contribution in [2.75, 3.05) is 9.80 Å². The minimum atomic E-state index is -0.867. The quantitative estimate of drug-likeness (QED) is 0.151. The summed E-state index contributed by atoms with van der Waals surface area (Å²) in [5, 5.41) is 6.86. The molecule has 0 N–H and O–H groups in total. The van der Waals surface area contributed by atoms with Gasteiger partial charge in [-0.3, -0.25) is 0 Å². The van der Waals surface area contributed by atoms with E-state index in [0.717, 1.165) is 83.9 Å². The molecule has 0 saturated carbocycles. The van der Waals surface area contributed by atoms with E-state index in [1.807, 2.05) is 0 Å². The van der Waals surface area contributed by atoms with Crippen LogP contribution in [0.1, 0.15) is 81.3 Å². The van der Waals surface area contributed by atoms with Gasteiger partial charge in [-0.15, -0.1) is 0 Å². The first-order valence-corrected chi connectivity index (χ1v) is 27.7. The molecule has 11 aromatic rings. The Balaban J connectivity index is 1.18. The van der Waals surface area contributed by atoms with Gasteiger partial charge in [0.25, 0.3) is 0 Å². The fourth-order valence-corrected chi connectivity index (χ4v) is 12.4. The summed E-state index contributed by atoms with van der Waals surface area (Å²) >= 11 is 0. The zero-order valence-corrected chi connectivity index (χ0v) is 46.0. The minimum Gasteiger partial charge on any atom is -0.455 e. The van der Waals surface area contributed by atoms with Gasteiger partial charge in [-0.25, -0.2) is 0 Å². The number of nitrogens with zero attached hydrogens (tertiary/aromatic N) is 2. The molecular weight excluding hydrogens is 957 g/mol. The first-order chi connectivity index (χ1) is 38.4. The molecule has 2 aliphatic carbocycles. The summed E-state index contributed by atoms with van der Waals surface area (Å²) in [6.07, 6.45) is 11.9. The number of furan rings is 1. The molecular formula is C76H64N2O. The first-order valence-electron chi connectivity index (χ1n) is 27.7. The number of hydrogen-bond acceptors (Lipinski definition) is 3. The van der Waals surface area contributed by atoms with Crippen molar-refractivity contribution in [1.29, 1.82) is 0 Å². The van der Waals surface area contributed by atoms with Crippen molar-refractivity contribution in [2.24, 2.45) is 0 Å². The molecule has 0 amide bonds. The van der Waals surface area contributed by atoms with E-state index in [-0.39, 0.29) is 10.8 Å². The topological polar surface area (TPSA) is 19.6 Å². The van der Waals surface area contributed by atoms with Gasteiger partial charge in [0.1, 0.15) is 11.2 Å². The molecule has 10 aromatic carbocycles. The third-order valence-corrected chi connectivity index (χ3v) is 16.4. The van der Waals surface area contributed by atoms with E-state index < -0.39 is 5.41 Å². The Kier molecular flexibility index (Phi) is 12.1. The molecule has 13 rings (SSSR count). The van der Waals surface area contributed by atoms with Crippen molar-refractivity contribution in [3.63, 3.8) is 0 Å². The molecule has 0 unspecified atom stereocenters. The fourth-order valence-electron chi connectivity index (χ4n) is 12.4. The molecule has 0 bridgehead atoms. The van der Waals surface area contributed by atoms with E-state index >= 15 is 0 Å². The maximum atomic E-state index is 7.50. The third-order valence-electron chi connectivity index (χ3n) is 16.4. The number of rotatable bonds is 8. The third kappa shape index (κ3) is 8.53. The molecule has 0 atom stereocenters. The lowest BCUT2D eigenvalue weighted by Crippen LogP contribution is -2.30. The van der Waals surface area contributed by atoms with E-state index in [1.165, 1.54) is 43.8 Å². The average Bonchev–Trinajstić information content (AvgIpc) is 3.11. The maximum Gasteiger partial charge on any atom is 0.145 e. The Morgan fingerprint density at radius 2 is 0.975 bits per heavy atom. The van der Waals surface area contributed by atoms with Gasteiger partial charge < -0.3 is 14.2 Å². The zero-order valence-electron chi connectivity index (χ0n) is 46.0. The fraction of sp³-hybridized carbons (Fsp3) is 0.132. The second-order valence-corrected chi connectivity index (χ2v) is 23.4. The maximum absolute atomic E-state index is 7.50. The molecule has 0 radical (unpaired) electrons. The number of allylic oxidation sites excluding steroid dienone is 7. The number of fused-ring (bicyclic) bond motifs is 8. The van der Waals surface area contributed by atoms with Gasteiger partial charge in [0.2, 0.25) is 0 Å². The second kappa shape index (κ2) is 19.4. The Morgan fingerprint density at radius 1 is 0.481 bits per heavy atom. The van der Waals surface area contributed by atoms with Crippen LogP contribution in [0.2, 0.25) is 0 Å². The van der Waals surface area contributed by atoms with E-state index in [1.54, 1.807) is 0 Å². The van der Waals surface area contributed by atoms with Crippen LogP contribution in [0.4, 0.5) is 28.4 Å². The van der Waals surface area contributed by atoms with Crippen LogP contribution in [-0.2, 0) is 16.2 Å². The van der Waals surface area contributed by atoms with E-state index in [9.17, 15) is 0 Å². The van der Waals surface area contributed by atoms with Crippen LogP contribution in [-0.4, -0.2) is 0 Å². The van der Waals surface area contributed by atoms with Gasteiger partial charge in [-0.2, -0.15) is 0 Å². The lowest BCUT2D eigenvalue weighted by molar-refractivity contribution is 0.590. The Hall–Kier alpha value is -9.18. The van der Waals surface area contributed by atoms with Crippen molar-refractivity contribution < 1.29 is 4.42 Å². The number of anilines is 5. The average molecular weight is 1020 g/mol. The van der Waals surface area contributed by atoms with Gasteiger partial charge in [-0.05, 0) is 150 Å². The van der Waals surface area contributed by atoms with Crippen LogP contribution < -0.4 is 9.80 Å². The molecule has 0 aliphatic heterocycles. The van der Waals surface area contributed by atoms with Gasteiger partial charge in [0, 0.05) is 33.7 Å². The van der Waals surface area contributed by atoms with Gasteiger partial charge >= 0.3 is 0 Å². The second-order valence-electron chi connectivity index (χ2n) is 23.4. The van der Waals surface area contributed by atoms with Crippen molar-refractivity contribution >= 4 is 77.5 Å². The van der Waals surface area contributed by atoms with E-state index in [0.29, 0.717) is 6.42 Å². The van der Waals surface area contributed by atoms with Crippen LogP contribution in [0.3, 0.4) is 0 Å². The van der Waals surface area contributed by atoms with E-state index in [2.05, 4.69) is 306 Å². The predicted octanol–water partition coefficient (Wildman–Crippen LogP) is 20.9. The van der Waals surface area contributed by atoms with Crippen LogP contribution in [0.25, 0.3) is 49.1 Å². The minimum absolute atomic E-state index is 0.0262. The lowest BCUT2D eigenvalue weighted by Gasteiger charge is -2.37. The van der Waals surface area contributed by atoms with Crippen LogP contribution >= 0.6 is 0 Å². The summed E-state index contributed by atoms with van der Waals surface area (Å²) < 4.78 is 7.50. The highest BCUT2D eigenvalue weighted by Crippen LogP contribution is 2.61. The summed E-state index contributed by atoms with van der Waals surface area (Å²) in [5.41, 5.74) is 17.4. The molecule has 0 saturated heterocycles. The normalized spacial score (nSPS) is 15.9. The molecule has 3 heteroatoms. The first kappa shape index (κ1) is 49.4. The predicted molar refractivity (Wildman–Crippen MR) is 336 cm³/mol. The number of para-hydroxylation sites is 1. The largest absolute Gasteiger partial charge is 0.455 e. The number of hydrogen-bond donors (Lipinski definition) is 0. The Labute approximate surface area is 465 Å². The van der Waals surface area contributed by atoms with Crippen molar-refractivity contribution in [3.8, 4) is 0 Å². The molecule has 1 heterocycles. The summed E-state index contributed by atoms with van der Waals surface area (Å²) in [5.74, 6) is 0. The van der Waals surface area contributed by atoms with Crippen LogP contribution in [0.15, 0.2) is 283 Å². The highest BCUT2D eigenvalue weighted by atomic mass is 16.3. The molecule has 3 nitrogen and oxygen atoms in total. The van der Waals surface area contributed by atoms with Crippen molar-refractivity contribution in [1.82, 2.24) is 0 Å². The van der Waals surface area contributed by atoms with Crippen LogP contribution in [0.5, 0.6) is 0 Å². The summed E-state index contributed by atoms with van der Waals surface area (Å²) in [6.45, 7) is 18.6. The smallest absolute Gasteiger partial charge is 0.145 e. The van der Waals surface area contributed by atoms with Gasteiger partial charge in [0.05, 0.1) is 22.2 Å². The van der Waals surface area contributed by atoms with Crippen molar-refractivity contribution in [2.45, 2.75) is 64.2 Å². The summed E-state index contributed by atoms with van der Waals surface area (Å²) in [7, 11) is 0. The molecule has 0 spiro atoms. The van der Waals surface area contributed by atoms with Crippen molar-refractivity contribution in [3.05, 3.63) is 312 Å². The molecule has 384 valence electrons. The standard InChI is InChI=1S/C76H64N2O/c1-51-23-11-8-16-32-64-66(49-68(51)77(60-43-37-56(38-44-60)74(2,3)4)62-41-35-52-24-17-19-26-54(52)47-62)76(58-28-12-9-13-29-58,59-30-14-10-15-31-59)67-50-69(72-65-33-21-22-34-70(65)79-73(72)71(64)67)78(61-45-39-57(40-46-61)75(5,6)7)63-42-36-53-25-18-20-27-55(53)48-63/h8-31,33-50H,1,32H2,2-7H3/b16-8-,23-11-,68-49+. The van der Waals surface area contributed by atoms with Crippen LogP contribution in [0, 0.1) is 0 Å². The molecule has 2 aliphatic rings. The SMILES string of the molecule is C=C1/C=C\C=C/CC2=C(/C=C\1N(c1ccc(C(C)(C)C)cc1)c1ccc3ccccc3c1)C(c1ccccc1)(c1ccccc1)c1cc(N(c3ccc(C(C)(C)C)cc3)c3ccc4ccccc4c3)c3c(oc4ccccc43)c12. The zero-order chi connectivity index (χ0) is 54.0. The van der Waals surface area contributed by atoms with Gasteiger partial charge in [-0.1, -0.05) is 236 Å². The van der Waals surface area contributed by atoms with Gasteiger partial charge in [0.15, 0.2) is 0 Å². The Morgan fingerprint density at radius 3 is 1.54 bits per heavy atom. The Bertz CT molecular complexity index is 4250. The lowest BCUT2D eigenvalue weighted by atomic mass is 9.66. The highest BCUT2D eigenvalue weighted by molar-refractivity contribution is 6.18. The highest BCUT2D eigenvalue weighted by Gasteiger charge is 2.49. The van der Waals surface area contributed by atoms with E-state index in [4.69, 9.17) is 11.0 Å². The molecule has 79 heavy (non-hydrogen) atoms.